The summed E-state index contributed by atoms with van der Waals surface area (Å²) in [7, 11) is 0. The summed E-state index contributed by atoms with van der Waals surface area (Å²) in [4.78, 5) is 17.9. The summed E-state index contributed by atoms with van der Waals surface area (Å²) in [5, 5.41) is 0. The number of thioether (sulfide) groups is 1. The van der Waals surface area contributed by atoms with Gasteiger partial charge in [-0.3, -0.25) is 4.79 Å². The van der Waals surface area contributed by atoms with E-state index in [2.05, 4.69) is 18.7 Å². The van der Waals surface area contributed by atoms with Gasteiger partial charge in [0.2, 0.25) is 5.91 Å². The van der Waals surface area contributed by atoms with E-state index in [-0.39, 0.29) is 17.0 Å². The lowest BCUT2D eigenvalue weighted by atomic mass is 10.2. The van der Waals surface area contributed by atoms with E-state index in [1.54, 1.807) is 0 Å². The van der Waals surface area contributed by atoms with Crippen LogP contribution in [-0.2, 0) is 4.79 Å². The molecule has 1 saturated heterocycles. The SMILES string of the molecule is Br.CCC1=C(CC)N(CC(=O)N2CCCC2)CS1. The van der Waals surface area contributed by atoms with E-state index in [4.69, 9.17) is 0 Å². The van der Waals surface area contributed by atoms with Gasteiger partial charge in [-0.1, -0.05) is 13.8 Å². The molecule has 2 aliphatic heterocycles. The molecule has 0 unspecified atom stereocenters. The largest absolute Gasteiger partial charge is 0.355 e. The highest BCUT2D eigenvalue weighted by atomic mass is 79.9. The van der Waals surface area contributed by atoms with E-state index in [0.29, 0.717) is 12.5 Å². The summed E-state index contributed by atoms with van der Waals surface area (Å²) < 4.78 is 0. The van der Waals surface area contributed by atoms with Gasteiger partial charge in [-0.15, -0.1) is 28.7 Å². The highest BCUT2D eigenvalue weighted by Gasteiger charge is 2.25. The molecule has 0 spiro atoms. The summed E-state index contributed by atoms with van der Waals surface area (Å²) in [6.45, 7) is 6.89. The van der Waals surface area contributed by atoms with Crippen LogP contribution in [0.5, 0.6) is 0 Å². The van der Waals surface area contributed by atoms with Gasteiger partial charge in [0.05, 0.1) is 12.4 Å². The van der Waals surface area contributed by atoms with Crippen LogP contribution in [0.2, 0.25) is 0 Å². The van der Waals surface area contributed by atoms with Gasteiger partial charge in [0.15, 0.2) is 0 Å². The molecule has 0 bridgehead atoms. The molecular formula is C13H23BrN2OS. The molecule has 2 rings (SSSR count). The molecule has 0 aromatic heterocycles. The third-order valence-electron chi connectivity index (χ3n) is 3.54. The van der Waals surface area contributed by atoms with Gasteiger partial charge in [0.1, 0.15) is 0 Å². The van der Waals surface area contributed by atoms with Crippen LogP contribution in [0.3, 0.4) is 0 Å². The number of hydrogen-bond acceptors (Lipinski definition) is 3. The third kappa shape index (κ3) is 3.44. The average Bonchev–Trinajstić information content (AvgIpc) is 2.97. The first-order valence-electron chi connectivity index (χ1n) is 6.63. The molecule has 104 valence electrons. The van der Waals surface area contributed by atoms with Gasteiger partial charge in [0.25, 0.3) is 0 Å². The van der Waals surface area contributed by atoms with Crippen molar-refractivity contribution in [2.24, 2.45) is 0 Å². The van der Waals surface area contributed by atoms with Crippen molar-refractivity contribution in [3.63, 3.8) is 0 Å². The number of hydrogen-bond donors (Lipinski definition) is 0. The van der Waals surface area contributed by atoms with Gasteiger partial charge in [-0.25, -0.2) is 0 Å². The zero-order valence-electron chi connectivity index (χ0n) is 11.3. The third-order valence-corrected chi connectivity index (χ3v) is 4.85. The summed E-state index contributed by atoms with van der Waals surface area (Å²) in [6.07, 6.45) is 4.50. The van der Waals surface area contributed by atoms with Crippen LogP contribution in [-0.4, -0.2) is 41.2 Å². The Hall–Kier alpha value is -0.160. The molecule has 18 heavy (non-hydrogen) atoms. The number of amides is 1. The number of carbonyl (C=O) groups excluding carboxylic acids is 1. The van der Waals surface area contributed by atoms with Crippen LogP contribution in [0.25, 0.3) is 0 Å². The molecule has 5 heteroatoms. The van der Waals surface area contributed by atoms with Crippen LogP contribution in [0.1, 0.15) is 39.5 Å². The predicted octanol–water partition coefficient (Wildman–Crippen LogP) is 3.22. The topological polar surface area (TPSA) is 23.6 Å². The summed E-state index contributed by atoms with van der Waals surface area (Å²) in [6, 6.07) is 0. The van der Waals surface area contributed by atoms with Crippen molar-refractivity contribution in [1.29, 1.82) is 0 Å². The van der Waals surface area contributed by atoms with Crippen molar-refractivity contribution in [2.45, 2.75) is 39.5 Å². The predicted molar refractivity (Wildman–Crippen MR) is 82.9 cm³/mol. The second-order valence-electron chi connectivity index (χ2n) is 4.64. The Bertz CT molecular complexity index is 327. The Morgan fingerprint density at radius 2 is 1.89 bits per heavy atom. The molecule has 0 radical (unpaired) electrons. The first-order chi connectivity index (χ1) is 8.26. The molecule has 0 saturated carbocycles. The number of carbonyl (C=O) groups is 1. The van der Waals surface area contributed by atoms with E-state index in [9.17, 15) is 4.79 Å². The number of rotatable bonds is 4. The number of nitrogens with zero attached hydrogens (tertiary/aromatic N) is 2. The smallest absolute Gasteiger partial charge is 0.242 e. The average molecular weight is 335 g/mol. The Morgan fingerprint density at radius 3 is 2.44 bits per heavy atom. The van der Waals surface area contributed by atoms with Gasteiger partial charge in [-0.2, -0.15) is 0 Å². The minimum atomic E-state index is 0. The molecule has 3 nitrogen and oxygen atoms in total. The second kappa shape index (κ2) is 7.43. The van der Waals surface area contributed by atoms with Gasteiger partial charge in [-0.05, 0) is 25.7 Å². The van der Waals surface area contributed by atoms with Crippen LogP contribution in [0.4, 0.5) is 0 Å². The Labute approximate surface area is 125 Å². The maximum absolute atomic E-state index is 12.1. The second-order valence-corrected chi connectivity index (χ2v) is 5.68. The van der Waals surface area contributed by atoms with Gasteiger partial charge < -0.3 is 9.80 Å². The lowest BCUT2D eigenvalue weighted by Crippen LogP contribution is -2.37. The van der Waals surface area contributed by atoms with E-state index in [0.717, 1.165) is 31.8 Å². The maximum Gasteiger partial charge on any atom is 0.242 e. The molecule has 0 aliphatic carbocycles. The molecule has 1 amide bonds. The Morgan fingerprint density at radius 1 is 1.22 bits per heavy atom. The van der Waals surface area contributed by atoms with Crippen molar-refractivity contribution in [2.75, 3.05) is 25.5 Å². The van der Waals surface area contributed by atoms with Crippen LogP contribution in [0.15, 0.2) is 10.6 Å². The highest BCUT2D eigenvalue weighted by molar-refractivity contribution is 8.93. The number of halogens is 1. The van der Waals surface area contributed by atoms with Crippen molar-refractivity contribution < 1.29 is 4.79 Å². The minimum Gasteiger partial charge on any atom is -0.355 e. The lowest BCUT2D eigenvalue weighted by Gasteiger charge is -2.24. The fourth-order valence-corrected chi connectivity index (χ4v) is 3.79. The van der Waals surface area contributed by atoms with E-state index >= 15 is 0 Å². The Kier molecular flexibility index (Phi) is 6.57. The number of likely N-dealkylation sites (tertiary alicyclic amines) is 1. The van der Waals surface area contributed by atoms with Crippen molar-refractivity contribution >= 4 is 34.7 Å². The van der Waals surface area contributed by atoms with Crippen molar-refractivity contribution in [3.8, 4) is 0 Å². The van der Waals surface area contributed by atoms with Crippen molar-refractivity contribution in [3.05, 3.63) is 10.6 Å². The molecule has 2 heterocycles. The zero-order valence-corrected chi connectivity index (χ0v) is 13.8. The Balaban J connectivity index is 0.00000162. The highest BCUT2D eigenvalue weighted by Crippen LogP contribution is 2.35. The summed E-state index contributed by atoms with van der Waals surface area (Å²) >= 11 is 1.90. The zero-order chi connectivity index (χ0) is 12.3. The number of allylic oxidation sites excluding steroid dienone is 2. The molecular weight excluding hydrogens is 312 g/mol. The lowest BCUT2D eigenvalue weighted by molar-refractivity contribution is -0.130. The van der Waals surface area contributed by atoms with E-state index in [1.807, 2.05) is 16.7 Å². The monoisotopic (exact) mass is 334 g/mol. The normalized spacial score (nSPS) is 19.4. The molecule has 1 fully saturated rings. The quantitative estimate of drug-likeness (QED) is 0.788. The summed E-state index contributed by atoms with van der Waals surface area (Å²) in [5.41, 5.74) is 1.39. The fraction of sp³-hybridized carbons (Fsp3) is 0.769. The first kappa shape index (κ1) is 15.9. The van der Waals surface area contributed by atoms with E-state index in [1.165, 1.54) is 23.4 Å². The standard InChI is InChI=1S/C13H22N2OS.BrH/c1-3-11-12(4-2)17-10-15(11)9-13(16)14-7-5-6-8-14;/h3-10H2,1-2H3;1H. The van der Waals surface area contributed by atoms with Gasteiger partial charge >= 0.3 is 0 Å². The maximum atomic E-state index is 12.1. The van der Waals surface area contributed by atoms with Crippen LogP contribution in [0, 0.1) is 0 Å². The molecule has 0 N–H and O–H groups in total. The van der Waals surface area contributed by atoms with Crippen molar-refractivity contribution in [1.82, 2.24) is 9.80 Å². The minimum absolute atomic E-state index is 0. The van der Waals surface area contributed by atoms with Gasteiger partial charge in [0, 0.05) is 23.7 Å². The molecule has 0 aromatic rings. The molecule has 0 aromatic carbocycles. The molecule has 0 atom stereocenters. The van der Waals surface area contributed by atoms with Crippen LogP contribution >= 0.6 is 28.7 Å². The molecule has 2 aliphatic rings. The first-order valence-corrected chi connectivity index (χ1v) is 7.62. The van der Waals surface area contributed by atoms with Crippen LogP contribution < -0.4 is 0 Å². The fourth-order valence-electron chi connectivity index (χ4n) is 2.59. The van der Waals surface area contributed by atoms with E-state index < -0.39 is 0 Å². The summed E-state index contributed by atoms with van der Waals surface area (Å²) in [5.74, 6) is 1.28.